The zero-order valence-corrected chi connectivity index (χ0v) is 20.1. The number of nitrogens with zero attached hydrogens (tertiary/aromatic N) is 1. The van der Waals surface area contributed by atoms with Gasteiger partial charge in [-0.15, -0.1) is 0 Å². The lowest BCUT2D eigenvalue weighted by Crippen LogP contribution is -2.54. The van der Waals surface area contributed by atoms with Crippen molar-refractivity contribution in [3.05, 3.63) is 93.5 Å². The number of carbonyl (C=O) groups is 3. The van der Waals surface area contributed by atoms with Crippen LogP contribution < -0.4 is 19.7 Å². The van der Waals surface area contributed by atoms with E-state index in [0.717, 1.165) is 10.5 Å². The molecule has 1 heterocycles. The monoisotopic (exact) mass is 520 g/mol. The quantitative estimate of drug-likeness (QED) is 0.364. The summed E-state index contributed by atoms with van der Waals surface area (Å²) in [4.78, 5) is 38.9. The molecule has 0 spiro atoms. The Balaban J connectivity index is 1.53. The molecule has 0 atom stereocenters. The Bertz CT molecular complexity index is 1280. The highest BCUT2D eigenvalue weighted by molar-refractivity contribution is 9.10. The van der Waals surface area contributed by atoms with Gasteiger partial charge in [-0.05, 0) is 76.5 Å². The number of amides is 4. The van der Waals surface area contributed by atoms with Crippen molar-refractivity contribution >= 4 is 45.5 Å². The fourth-order valence-electron chi connectivity index (χ4n) is 3.37. The highest BCUT2D eigenvalue weighted by Crippen LogP contribution is 2.28. The van der Waals surface area contributed by atoms with Crippen LogP contribution in [-0.4, -0.2) is 25.0 Å². The maximum atomic E-state index is 13.1. The van der Waals surface area contributed by atoms with Gasteiger partial charge in [-0.3, -0.25) is 14.9 Å². The maximum absolute atomic E-state index is 13.1. The van der Waals surface area contributed by atoms with E-state index in [9.17, 15) is 14.4 Å². The lowest BCUT2D eigenvalue weighted by atomic mass is 10.1. The zero-order chi connectivity index (χ0) is 24.2. The summed E-state index contributed by atoms with van der Waals surface area (Å²) >= 11 is 3.38. The van der Waals surface area contributed by atoms with Crippen molar-refractivity contribution in [2.75, 3.05) is 12.0 Å². The van der Waals surface area contributed by atoms with Gasteiger partial charge in [0.25, 0.3) is 11.8 Å². The molecule has 34 heavy (non-hydrogen) atoms. The number of aryl methyl sites for hydroxylation is 1. The summed E-state index contributed by atoms with van der Waals surface area (Å²) in [6.07, 6.45) is 1.43. The number of imide groups is 2. The molecule has 0 unspecified atom stereocenters. The van der Waals surface area contributed by atoms with E-state index < -0.39 is 17.8 Å². The highest BCUT2D eigenvalue weighted by atomic mass is 79.9. The van der Waals surface area contributed by atoms with E-state index in [2.05, 4.69) is 21.2 Å². The molecule has 0 bridgehead atoms. The molecule has 4 amide bonds. The second-order valence-corrected chi connectivity index (χ2v) is 8.47. The van der Waals surface area contributed by atoms with E-state index in [4.69, 9.17) is 9.47 Å². The van der Waals surface area contributed by atoms with Crippen LogP contribution in [0.15, 0.2) is 76.8 Å². The predicted octanol–water partition coefficient (Wildman–Crippen LogP) is 5.01. The van der Waals surface area contributed by atoms with Gasteiger partial charge in [0.2, 0.25) is 0 Å². The van der Waals surface area contributed by atoms with Crippen LogP contribution in [0.4, 0.5) is 10.5 Å². The van der Waals surface area contributed by atoms with Crippen LogP contribution in [0.25, 0.3) is 6.08 Å². The Hall–Kier alpha value is -3.91. The molecule has 1 aliphatic rings. The lowest BCUT2D eigenvalue weighted by Gasteiger charge is -2.26. The number of methoxy groups -OCH3 is 1. The predicted molar refractivity (Wildman–Crippen MR) is 132 cm³/mol. The van der Waals surface area contributed by atoms with Gasteiger partial charge in [0.05, 0.1) is 17.3 Å². The number of benzene rings is 3. The van der Waals surface area contributed by atoms with Crippen molar-refractivity contribution < 1.29 is 23.9 Å². The van der Waals surface area contributed by atoms with Crippen molar-refractivity contribution in [1.82, 2.24) is 5.32 Å². The van der Waals surface area contributed by atoms with Crippen LogP contribution >= 0.6 is 15.9 Å². The van der Waals surface area contributed by atoms with E-state index in [0.29, 0.717) is 33.8 Å². The smallest absolute Gasteiger partial charge is 0.335 e. The number of ether oxygens (including phenoxy) is 2. The van der Waals surface area contributed by atoms with E-state index in [-0.39, 0.29) is 5.57 Å². The molecule has 172 valence electrons. The number of halogens is 1. The molecular weight excluding hydrogens is 500 g/mol. The van der Waals surface area contributed by atoms with Gasteiger partial charge in [-0.25, -0.2) is 9.69 Å². The first kappa shape index (κ1) is 23.3. The van der Waals surface area contributed by atoms with Crippen LogP contribution in [-0.2, 0) is 16.2 Å². The van der Waals surface area contributed by atoms with Crippen LogP contribution in [0.3, 0.4) is 0 Å². The summed E-state index contributed by atoms with van der Waals surface area (Å²) < 4.78 is 11.7. The van der Waals surface area contributed by atoms with Crippen molar-refractivity contribution in [3.8, 4) is 11.5 Å². The molecule has 3 aromatic rings. The van der Waals surface area contributed by atoms with Gasteiger partial charge in [-0.1, -0.05) is 35.9 Å². The standard InChI is InChI=1S/C26H21BrN2O5/c1-16-3-5-17(6-4-16)15-34-20-10-8-19(9-11-20)29-25(31)21(24(30)28-26(29)32)13-18-7-12-23(33-2)22(27)14-18/h3-14H,15H2,1-2H3,(H,28,30,32)/b21-13+. The number of nitrogens with one attached hydrogen (secondary N) is 1. The average molecular weight is 521 g/mol. The third kappa shape index (κ3) is 5.02. The zero-order valence-electron chi connectivity index (χ0n) is 18.5. The van der Waals surface area contributed by atoms with Gasteiger partial charge in [0.1, 0.15) is 23.7 Å². The van der Waals surface area contributed by atoms with Crippen molar-refractivity contribution in [2.45, 2.75) is 13.5 Å². The van der Waals surface area contributed by atoms with E-state index in [1.54, 1.807) is 49.6 Å². The minimum atomic E-state index is -0.809. The van der Waals surface area contributed by atoms with Crippen LogP contribution in [0.5, 0.6) is 11.5 Å². The summed E-state index contributed by atoms with van der Waals surface area (Å²) in [5.74, 6) is -0.266. The Morgan fingerprint density at radius 1 is 0.971 bits per heavy atom. The SMILES string of the molecule is COc1ccc(/C=C2\C(=O)NC(=O)N(c3ccc(OCc4ccc(C)cc4)cc3)C2=O)cc1Br. The third-order valence-corrected chi connectivity index (χ3v) is 5.83. The molecule has 1 saturated heterocycles. The Morgan fingerprint density at radius 3 is 2.32 bits per heavy atom. The second kappa shape index (κ2) is 9.93. The molecule has 0 aromatic heterocycles. The normalized spacial score (nSPS) is 14.9. The molecule has 1 fully saturated rings. The van der Waals surface area contributed by atoms with Gasteiger partial charge in [0.15, 0.2) is 0 Å². The van der Waals surface area contributed by atoms with Gasteiger partial charge in [0, 0.05) is 0 Å². The number of carbonyl (C=O) groups excluding carboxylic acids is 3. The first-order chi connectivity index (χ1) is 16.4. The largest absolute Gasteiger partial charge is 0.496 e. The Morgan fingerprint density at radius 2 is 1.68 bits per heavy atom. The first-order valence-electron chi connectivity index (χ1n) is 10.4. The number of urea groups is 1. The van der Waals surface area contributed by atoms with Gasteiger partial charge in [-0.2, -0.15) is 0 Å². The second-order valence-electron chi connectivity index (χ2n) is 7.62. The van der Waals surface area contributed by atoms with Crippen LogP contribution in [0.2, 0.25) is 0 Å². The third-order valence-electron chi connectivity index (χ3n) is 5.21. The fraction of sp³-hybridized carbons (Fsp3) is 0.115. The first-order valence-corrected chi connectivity index (χ1v) is 11.2. The lowest BCUT2D eigenvalue weighted by molar-refractivity contribution is -0.122. The number of hydrogen-bond donors (Lipinski definition) is 1. The minimum absolute atomic E-state index is 0.156. The molecule has 1 N–H and O–H groups in total. The van der Waals surface area contributed by atoms with Crippen molar-refractivity contribution in [2.24, 2.45) is 0 Å². The summed E-state index contributed by atoms with van der Waals surface area (Å²) in [7, 11) is 1.54. The highest BCUT2D eigenvalue weighted by Gasteiger charge is 2.36. The molecule has 0 aliphatic carbocycles. The summed E-state index contributed by atoms with van der Waals surface area (Å²) in [6, 6.07) is 18.9. The van der Waals surface area contributed by atoms with Gasteiger partial charge >= 0.3 is 6.03 Å². The molecule has 0 saturated carbocycles. The fourth-order valence-corrected chi connectivity index (χ4v) is 3.93. The van der Waals surface area contributed by atoms with E-state index >= 15 is 0 Å². The van der Waals surface area contributed by atoms with Crippen molar-refractivity contribution in [1.29, 1.82) is 0 Å². The number of rotatable bonds is 6. The molecule has 3 aromatic carbocycles. The molecular formula is C26H21BrN2O5. The summed E-state index contributed by atoms with van der Waals surface area (Å²) in [6.45, 7) is 2.41. The summed E-state index contributed by atoms with van der Waals surface area (Å²) in [5.41, 5.74) is 2.96. The van der Waals surface area contributed by atoms with Gasteiger partial charge < -0.3 is 9.47 Å². The minimum Gasteiger partial charge on any atom is -0.496 e. The Labute approximate surface area is 205 Å². The molecule has 0 radical (unpaired) electrons. The molecule has 4 rings (SSSR count). The molecule has 1 aliphatic heterocycles. The van der Waals surface area contributed by atoms with Crippen LogP contribution in [0, 0.1) is 6.92 Å². The van der Waals surface area contributed by atoms with Crippen molar-refractivity contribution in [3.63, 3.8) is 0 Å². The molecule has 8 heteroatoms. The number of anilines is 1. The van der Waals surface area contributed by atoms with E-state index in [1.165, 1.54) is 11.6 Å². The van der Waals surface area contributed by atoms with Crippen LogP contribution in [0.1, 0.15) is 16.7 Å². The number of hydrogen-bond acceptors (Lipinski definition) is 5. The average Bonchev–Trinajstić information content (AvgIpc) is 2.82. The number of barbiturate groups is 1. The molecule has 7 nitrogen and oxygen atoms in total. The summed E-state index contributed by atoms with van der Waals surface area (Å²) in [5, 5.41) is 2.22. The topological polar surface area (TPSA) is 84.9 Å². The van der Waals surface area contributed by atoms with E-state index in [1.807, 2.05) is 31.2 Å². The maximum Gasteiger partial charge on any atom is 0.335 e. The Kier molecular flexibility index (Phi) is 6.79.